The minimum atomic E-state index is -0.0707. The fraction of sp³-hybridized carbons (Fsp3) is 0.375. The van der Waals surface area contributed by atoms with Crippen LogP contribution in [-0.4, -0.2) is 30.8 Å². The molecular formula is C16H20N3O2+. The lowest BCUT2D eigenvalue weighted by molar-refractivity contribution is -0.657. The molecule has 1 amide bonds. The molecule has 5 heteroatoms. The summed E-state index contributed by atoms with van der Waals surface area (Å²) in [5.41, 5.74) is 4.60. The van der Waals surface area contributed by atoms with Crippen LogP contribution in [0.5, 0.6) is 5.75 Å². The van der Waals surface area contributed by atoms with Gasteiger partial charge in [-0.1, -0.05) is 18.2 Å². The van der Waals surface area contributed by atoms with Crippen molar-refractivity contribution in [2.24, 2.45) is 5.10 Å². The van der Waals surface area contributed by atoms with Crippen LogP contribution in [0.25, 0.3) is 6.08 Å². The summed E-state index contributed by atoms with van der Waals surface area (Å²) in [6, 6.07) is 7.89. The molecular weight excluding hydrogens is 266 g/mol. The summed E-state index contributed by atoms with van der Waals surface area (Å²) >= 11 is 0. The number of nitrogens with two attached hydrogens (primary N) is 1. The summed E-state index contributed by atoms with van der Waals surface area (Å²) in [6.07, 6.45) is 5.67. The highest BCUT2D eigenvalue weighted by Gasteiger charge is 2.25. The molecule has 0 spiro atoms. The summed E-state index contributed by atoms with van der Waals surface area (Å²) < 4.78 is 5.82. The molecule has 1 fully saturated rings. The number of carbonyl (C=O) groups is 1. The molecule has 0 aliphatic carbocycles. The highest BCUT2D eigenvalue weighted by Crippen LogP contribution is 2.28. The number of nitrogens with one attached hydrogen (secondary N) is 1. The van der Waals surface area contributed by atoms with Gasteiger partial charge in [-0.05, 0) is 19.1 Å². The monoisotopic (exact) mass is 286 g/mol. The summed E-state index contributed by atoms with van der Waals surface area (Å²) in [4.78, 5) is 11.9. The highest BCUT2D eigenvalue weighted by atomic mass is 16.5. The van der Waals surface area contributed by atoms with Crippen molar-refractivity contribution in [3.05, 3.63) is 35.4 Å². The first-order chi connectivity index (χ1) is 10.2. The van der Waals surface area contributed by atoms with E-state index in [4.69, 9.17) is 4.74 Å². The van der Waals surface area contributed by atoms with E-state index >= 15 is 0 Å². The second-order valence-corrected chi connectivity index (χ2v) is 5.45. The standard InChI is InChI=1S/C16H19N3O2/c1-11-13(9-12-5-2-3-7-15(12)21-11)10-18-19-16(20)14-6-4-8-17-14/h2-3,5,7,9-11,14,17H,4,6,8H2,1H3,(H,19,20)/p+1/b18-10-/t11-,14+/m0/s1. The van der Waals surface area contributed by atoms with Gasteiger partial charge in [0.25, 0.3) is 5.91 Å². The average molecular weight is 286 g/mol. The number of quaternary nitrogens is 1. The Morgan fingerprint density at radius 2 is 2.33 bits per heavy atom. The van der Waals surface area contributed by atoms with Gasteiger partial charge < -0.3 is 10.1 Å². The van der Waals surface area contributed by atoms with Crippen LogP contribution >= 0.6 is 0 Å². The molecule has 0 bridgehead atoms. The average Bonchev–Trinajstić information content (AvgIpc) is 3.02. The summed E-state index contributed by atoms with van der Waals surface area (Å²) in [7, 11) is 0. The highest BCUT2D eigenvalue weighted by molar-refractivity contribution is 5.90. The molecule has 0 radical (unpaired) electrons. The molecule has 1 aromatic carbocycles. The molecule has 2 aliphatic rings. The van der Waals surface area contributed by atoms with Crippen molar-refractivity contribution in [1.82, 2.24) is 5.43 Å². The third-order valence-electron chi connectivity index (χ3n) is 3.91. The number of nitrogens with zero attached hydrogens (tertiary/aromatic N) is 1. The fourth-order valence-electron chi connectivity index (χ4n) is 2.67. The largest absolute Gasteiger partial charge is 0.485 e. The molecule has 2 aliphatic heterocycles. The Labute approximate surface area is 124 Å². The number of amides is 1. The van der Waals surface area contributed by atoms with E-state index in [9.17, 15) is 4.79 Å². The van der Waals surface area contributed by atoms with Gasteiger partial charge >= 0.3 is 0 Å². The Morgan fingerprint density at radius 3 is 3.14 bits per heavy atom. The van der Waals surface area contributed by atoms with Gasteiger partial charge in [0.05, 0.1) is 12.8 Å². The normalized spacial score (nSPS) is 24.3. The number of fused-ring (bicyclic) bond motifs is 1. The molecule has 5 nitrogen and oxygen atoms in total. The molecule has 0 aromatic heterocycles. The molecule has 2 atom stereocenters. The molecule has 3 N–H and O–H groups in total. The van der Waals surface area contributed by atoms with Crippen molar-refractivity contribution in [2.45, 2.75) is 31.9 Å². The van der Waals surface area contributed by atoms with Gasteiger partial charge in [0.2, 0.25) is 0 Å². The number of hydrogen-bond acceptors (Lipinski definition) is 3. The van der Waals surface area contributed by atoms with Gasteiger partial charge in [0.15, 0.2) is 6.04 Å². The number of ether oxygens (including phenoxy) is 1. The third kappa shape index (κ3) is 3.13. The van der Waals surface area contributed by atoms with E-state index in [-0.39, 0.29) is 18.1 Å². The first-order valence-electron chi connectivity index (χ1n) is 7.37. The summed E-state index contributed by atoms with van der Waals surface area (Å²) in [5.74, 6) is 0.862. The second-order valence-electron chi connectivity index (χ2n) is 5.45. The van der Waals surface area contributed by atoms with Crippen LogP contribution in [0.2, 0.25) is 0 Å². The van der Waals surface area contributed by atoms with Crippen molar-refractivity contribution in [3.63, 3.8) is 0 Å². The van der Waals surface area contributed by atoms with Crippen LogP contribution in [-0.2, 0) is 4.79 Å². The minimum Gasteiger partial charge on any atom is -0.485 e. The van der Waals surface area contributed by atoms with Crippen LogP contribution in [0.1, 0.15) is 25.3 Å². The smallest absolute Gasteiger partial charge is 0.298 e. The zero-order chi connectivity index (χ0) is 14.7. The van der Waals surface area contributed by atoms with Crippen molar-refractivity contribution >= 4 is 18.2 Å². The molecule has 0 saturated carbocycles. The van der Waals surface area contributed by atoms with Gasteiger partial charge in [-0.15, -0.1) is 0 Å². The van der Waals surface area contributed by atoms with E-state index in [1.165, 1.54) is 0 Å². The van der Waals surface area contributed by atoms with Crippen LogP contribution in [0.15, 0.2) is 34.9 Å². The zero-order valence-electron chi connectivity index (χ0n) is 12.1. The Bertz CT molecular complexity index is 589. The number of carbonyl (C=O) groups excluding carboxylic acids is 1. The van der Waals surface area contributed by atoms with Crippen molar-refractivity contribution < 1.29 is 14.8 Å². The number of rotatable bonds is 3. The van der Waals surface area contributed by atoms with E-state index in [1.807, 2.05) is 37.3 Å². The van der Waals surface area contributed by atoms with E-state index < -0.39 is 0 Å². The van der Waals surface area contributed by atoms with Crippen LogP contribution in [0.4, 0.5) is 0 Å². The first-order valence-corrected chi connectivity index (χ1v) is 7.37. The third-order valence-corrected chi connectivity index (χ3v) is 3.91. The zero-order valence-corrected chi connectivity index (χ0v) is 12.1. The molecule has 1 saturated heterocycles. The predicted octanol–water partition coefficient (Wildman–Crippen LogP) is 0.679. The van der Waals surface area contributed by atoms with Crippen LogP contribution in [0, 0.1) is 0 Å². The van der Waals surface area contributed by atoms with E-state index in [1.54, 1.807) is 6.21 Å². The molecule has 21 heavy (non-hydrogen) atoms. The molecule has 110 valence electrons. The Kier molecular flexibility index (Phi) is 4.01. The Hall–Kier alpha value is -2.14. The molecule has 2 heterocycles. The number of hydrazone groups is 1. The first kappa shape index (κ1) is 13.8. The lowest BCUT2D eigenvalue weighted by Gasteiger charge is -2.22. The maximum Gasteiger partial charge on any atom is 0.298 e. The van der Waals surface area contributed by atoms with Crippen LogP contribution < -0.4 is 15.5 Å². The SMILES string of the molecule is C[C@@H]1Oc2ccccc2C=C1/C=N\NC(=O)[C@H]1CCC[NH2+]1. The Balaban J connectivity index is 1.65. The lowest BCUT2D eigenvalue weighted by Crippen LogP contribution is -2.89. The van der Waals surface area contributed by atoms with E-state index in [0.29, 0.717) is 0 Å². The fourth-order valence-corrected chi connectivity index (χ4v) is 2.67. The van der Waals surface area contributed by atoms with Gasteiger partial charge in [0, 0.05) is 24.0 Å². The van der Waals surface area contributed by atoms with Gasteiger partial charge in [-0.2, -0.15) is 5.10 Å². The van der Waals surface area contributed by atoms with E-state index in [0.717, 1.165) is 36.3 Å². The minimum absolute atomic E-state index is 0.0110. The second kappa shape index (κ2) is 6.10. The molecule has 3 rings (SSSR count). The lowest BCUT2D eigenvalue weighted by atomic mass is 10.0. The van der Waals surface area contributed by atoms with E-state index in [2.05, 4.69) is 15.8 Å². The number of hydrogen-bond donors (Lipinski definition) is 2. The molecule has 0 unspecified atom stereocenters. The maximum absolute atomic E-state index is 11.9. The topological polar surface area (TPSA) is 67.3 Å². The van der Waals surface area contributed by atoms with Gasteiger partial charge in [-0.25, -0.2) is 5.43 Å². The number of para-hydroxylation sites is 1. The van der Waals surface area contributed by atoms with Crippen molar-refractivity contribution in [1.29, 1.82) is 0 Å². The predicted molar refractivity (Wildman–Crippen MR) is 81.0 cm³/mol. The van der Waals surface area contributed by atoms with Crippen molar-refractivity contribution in [3.8, 4) is 5.75 Å². The van der Waals surface area contributed by atoms with Crippen LogP contribution in [0.3, 0.4) is 0 Å². The Morgan fingerprint density at radius 1 is 1.48 bits per heavy atom. The number of benzene rings is 1. The van der Waals surface area contributed by atoms with Gasteiger partial charge in [0.1, 0.15) is 11.9 Å². The maximum atomic E-state index is 11.9. The molecule has 1 aromatic rings. The summed E-state index contributed by atoms with van der Waals surface area (Å²) in [5, 5.41) is 6.13. The summed E-state index contributed by atoms with van der Waals surface area (Å²) in [6.45, 7) is 3.00. The quantitative estimate of drug-likeness (QED) is 0.634. The van der Waals surface area contributed by atoms with Gasteiger partial charge in [-0.3, -0.25) is 4.79 Å². The van der Waals surface area contributed by atoms with Crippen molar-refractivity contribution in [2.75, 3.05) is 6.54 Å².